The van der Waals surface area contributed by atoms with E-state index in [1.807, 2.05) is 24.3 Å². The number of hydrogen-bond acceptors (Lipinski definition) is 1. The maximum atomic E-state index is 6.38. The van der Waals surface area contributed by atoms with E-state index in [1.165, 1.54) is 5.56 Å². The Hall–Kier alpha value is -3.39. The van der Waals surface area contributed by atoms with Gasteiger partial charge in [-0.2, -0.15) is 0 Å². The van der Waals surface area contributed by atoms with Gasteiger partial charge in [0, 0.05) is 11.6 Å². The number of benzene rings is 2. The SMILES string of the molecule is C[N+](C)=C1C=CC=CC1=C1C=C(c2ccccc2)C=C(c2ccccc2)O1. The van der Waals surface area contributed by atoms with Gasteiger partial charge in [0.2, 0.25) is 5.71 Å². The molecule has 1 aliphatic heterocycles. The average molecular weight is 352 g/mol. The van der Waals surface area contributed by atoms with E-state index in [2.05, 4.69) is 91.5 Å². The third-order valence-electron chi connectivity index (χ3n) is 4.61. The Labute approximate surface area is 160 Å². The van der Waals surface area contributed by atoms with Crippen LogP contribution in [0.2, 0.25) is 0 Å². The molecule has 27 heavy (non-hydrogen) atoms. The molecule has 0 unspecified atom stereocenters. The summed E-state index contributed by atoms with van der Waals surface area (Å²) in [6.07, 6.45) is 12.6. The van der Waals surface area contributed by atoms with Crippen molar-refractivity contribution in [1.29, 1.82) is 0 Å². The second-order valence-electron chi connectivity index (χ2n) is 6.72. The Morgan fingerprint density at radius 1 is 0.704 bits per heavy atom. The molecular formula is C25H22NO+. The average Bonchev–Trinajstić information content (AvgIpc) is 2.74. The summed E-state index contributed by atoms with van der Waals surface area (Å²) in [5.74, 6) is 1.72. The van der Waals surface area contributed by atoms with Crippen molar-refractivity contribution in [3.8, 4) is 0 Å². The number of hydrogen-bond donors (Lipinski definition) is 0. The first-order chi connectivity index (χ1) is 13.2. The molecule has 0 radical (unpaired) electrons. The summed E-state index contributed by atoms with van der Waals surface area (Å²) < 4.78 is 8.49. The standard InChI is InChI=1S/C25H22NO/c1-26(2)23-16-10-9-15-22(23)25-18-21(19-11-5-3-6-12-19)17-24(27-25)20-13-7-4-8-14-20/h3-18H,1-2H3/q+1. The highest BCUT2D eigenvalue weighted by molar-refractivity contribution is 6.09. The zero-order valence-corrected chi connectivity index (χ0v) is 15.6. The van der Waals surface area contributed by atoms with Crippen LogP contribution < -0.4 is 0 Å². The number of nitrogens with zero attached hydrogens (tertiary/aromatic N) is 1. The maximum Gasteiger partial charge on any atom is 0.210 e. The lowest BCUT2D eigenvalue weighted by Crippen LogP contribution is -2.16. The van der Waals surface area contributed by atoms with E-state index in [1.54, 1.807) is 0 Å². The van der Waals surface area contributed by atoms with Crippen LogP contribution in [0.5, 0.6) is 0 Å². The fraction of sp³-hybridized carbons (Fsp3) is 0.0800. The molecule has 0 aromatic heterocycles. The van der Waals surface area contributed by atoms with Crippen LogP contribution in [0.1, 0.15) is 11.1 Å². The monoisotopic (exact) mass is 352 g/mol. The first-order valence-electron chi connectivity index (χ1n) is 9.08. The van der Waals surface area contributed by atoms with Crippen molar-refractivity contribution in [2.24, 2.45) is 0 Å². The lowest BCUT2D eigenvalue weighted by molar-refractivity contribution is -0.463. The second kappa shape index (κ2) is 7.46. The second-order valence-corrected chi connectivity index (χ2v) is 6.72. The molecule has 132 valence electrons. The molecule has 1 aliphatic carbocycles. The van der Waals surface area contributed by atoms with Gasteiger partial charge in [-0.25, -0.2) is 4.58 Å². The summed E-state index contributed by atoms with van der Waals surface area (Å²) in [5.41, 5.74) is 5.60. The van der Waals surface area contributed by atoms with E-state index in [-0.39, 0.29) is 0 Å². The molecule has 0 spiro atoms. The van der Waals surface area contributed by atoms with Gasteiger partial charge in [0.1, 0.15) is 25.6 Å². The normalized spacial score (nSPS) is 18.7. The quantitative estimate of drug-likeness (QED) is 0.674. The molecule has 2 aliphatic rings. The summed E-state index contributed by atoms with van der Waals surface area (Å²) >= 11 is 0. The van der Waals surface area contributed by atoms with E-state index >= 15 is 0 Å². The van der Waals surface area contributed by atoms with E-state index in [9.17, 15) is 0 Å². The largest absolute Gasteiger partial charge is 0.456 e. The first-order valence-corrected chi connectivity index (χ1v) is 9.08. The lowest BCUT2D eigenvalue weighted by atomic mass is 9.97. The molecule has 2 aromatic carbocycles. The van der Waals surface area contributed by atoms with Gasteiger partial charge in [-0.1, -0.05) is 72.8 Å². The van der Waals surface area contributed by atoms with E-state index in [0.29, 0.717) is 0 Å². The fourth-order valence-electron chi connectivity index (χ4n) is 3.25. The Kier molecular flexibility index (Phi) is 4.71. The van der Waals surface area contributed by atoms with Crippen LogP contribution in [0.4, 0.5) is 0 Å². The van der Waals surface area contributed by atoms with E-state index < -0.39 is 0 Å². The van der Waals surface area contributed by atoms with Gasteiger partial charge in [0.05, 0.1) is 5.57 Å². The van der Waals surface area contributed by atoms with Crippen molar-refractivity contribution in [1.82, 2.24) is 0 Å². The molecule has 0 fully saturated rings. The van der Waals surface area contributed by atoms with Gasteiger partial charge in [-0.15, -0.1) is 0 Å². The highest BCUT2D eigenvalue weighted by Gasteiger charge is 2.22. The van der Waals surface area contributed by atoms with Gasteiger partial charge in [0.15, 0.2) is 0 Å². The number of ether oxygens (including phenoxy) is 1. The summed E-state index contributed by atoms with van der Waals surface area (Å²) in [6, 6.07) is 20.7. The van der Waals surface area contributed by atoms with Gasteiger partial charge >= 0.3 is 0 Å². The van der Waals surface area contributed by atoms with Crippen LogP contribution in [0, 0.1) is 0 Å². The molecule has 1 heterocycles. The predicted molar refractivity (Wildman–Crippen MR) is 112 cm³/mol. The zero-order chi connectivity index (χ0) is 18.6. The van der Waals surface area contributed by atoms with E-state index in [0.717, 1.165) is 33.9 Å². The van der Waals surface area contributed by atoms with Gasteiger partial charge in [-0.3, -0.25) is 0 Å². The molecule has 4 rings (SSSR count). The van der Waals surface area contributed by atoms with Crippen molar-refractivity contribution in [3.63, 3.8) is 0 Å². The topological polar surface area (TPSA) is 12.2 Å². The third kappa shape index (κ3) is 3.61. The van der Waals surface area contributed by atoms with Crippen LogP contribution in [-0.2, 0) is 4.74 Å². The summed E-state index contributed by atoms with van der Waals surface area (Å²) in [6.45, 7) is 0. The zero-order valence-electron chi connectivity index (χ0n) is 15.6. The van der Waals surface area contributed by atoms with Gasteiger partial charge in [0.25, 0.3) is 0 Å². The molecule has 2 nitrogen and oxygen atoms in total. The van der Waals surface area contributed by atoms with Crippen molar-refractivity contribution >= 4 is 17.0 Å². The highest BCUT2D eigenvalue weighted by Crippen LogP contribution is 2.33. The molecule has 0 bridgehead atoms. The van der Waals surface area contributed by atoms with Crippen molar-refractivity contribution in [2.45, 2.75) is 0 Å². The fourth-order valence-corrected chi connectivity index (χ4v) is 3.25. The minimum absolute atomic E-state index is 0.861. The van der Waals surface area contributed by atoms with E-state index in [4.69, 9.17) is 4.74 Å². The Morgan fingerprint density at radius 3 is 2.00 bits per heavy atom. The van der Waals surface area contributed by atoms with Crippen LogP contribution in [0.25, 0.3) is 11.3 Å². The first kappa shape index (κ1) is 17.0. The van der Waals surface area contributed by atoms with Crippen molar-refractivity contribution in [2.75, 3.05) is 14.1 Å². The maximum absolute atomic E-state index is 6.38. The number of rotatable bonds is 2. The Bertz CT molecular complexity index is 1030. The van der Waals surface area contributed by atoms with Gasteiger partial charge in [-0.05, 0) is 29.4 Å². The summed E-state index contributed by atoms with van der Waals surface area (Å²) in [7, 11) is 4.11. The van der Waals surface area contributed by atoms with Gasteiger partial charge < -0.3 is 4.74 Å². The molecule has 0 atom stereocenters. The van der Waals surface area contributed by atoms with Crippen molar-refractivity contribution in [3.05, 3.63) is 120 Å². The molecule has 0 N–H and O–H groups in total. The number of allylic oxidation sites excluding steroid dienone is 8. The lowest BCUT2D eigenvalue weighted by Gasteiger charge is -2.20. The van der Waals surface area contributed by atoms with Crippen LogP contribution in [0.3, 0.4) is 0 Å². The predicted octanol–water partition coefficient (Wildman–Crippen LogP) is 5.23. The molecule has 0 amide bonds. The smallest absolute Gasteiger partial charge is 0.210 e. The highest BCUT2D eigenvalue weighted by atomic mass is 16.5. The third-order valence-corrected chi connectivity index (χ3v) is 4.61. The Morgan fingerprint density at radius 2 is 1.33 bits per heavy atom. The van der Waals surface area contributed by atoms with Crippen LogP contribution in [0.15, 0.2) is 108 Å². The summed E-state index contributed by atoms with van der Waals surface area (Å²) in [5, 5.41) is 0. The van der Waals surface area contributed by atoms with Crippen molar-refractivity contribution < 1.29 is 9.31 Å². The molecule has 0 saturated heterocycles. The minimum Gasteiger partial charge on any atom is -0.456 e. The Balaban J connectivity index is 1.89. The molecular weight excluding hydrogens is 330 g/mol. The molecule has 0 saturated carbocycles. The molecule has 2 aromatic rings. The summed E-state index contributed by atoms with van der Waals surface area (Å²) in [4.78, 5) is 0. The molecule has 2 heteroatoms. The minimum atomic E-state index is 0.861. The van der Waals surface area contributed by atoms with Crippen LogP contribution in [-0.4, -0.2) is 24.4 Å². The van der Waals surface area contributed by atoms with Crippen LogP contribution >= 0.6 is 0 Å².